The summed E-state index contributed by atoms with van der Waals surface area (Å²) >= 11 is 0. The van der Waals surface area contributed by atoms with Crippen LogP contribution in [0.3, 0.4) is 0 Å². The summed E-state index contributed by atoms with van der Waals surface area (Å²) in [5.41, 5.74) is 1.43. The summed E-state index contributed by atoms with van der Waals surface area (Å²) in [6.07, 6.45) is 0. The maximum absolute atomic E-state index is 12.9. The van der Waals surface area contributed by atoms with Gasteiger partial charge in [-0.15, -0.1) is 0 Å². The Hall–Kier alpha value is -2.86. The molecule has 3 rings (SSSR count). The van der Waals surface area contributed by atoms with Gasteiger partial charge in [0.05, 0.1) is 12.5 Å². The molecule has 1 aliphatic rings. The van der Waals surface area contributed by atoms with E-state index in [0.29, 0.717) is 31.1 Å². The average molecular weight is 369 g/mol. The van der Waals surface area contributed by atoms with Crippen molar-refractivity contribution >= 4 is 11.9 Å². The lowest BCUT2D eigenvalue weighted by molar-refractivity contribution is -0.141. The molecule has 0 saturated carbocycles. The molecule has 6 nitrogen and oxygen atoms in total. The average Bonchev–Trinajstić information content (AvgIpc) is 3.14. The standard InChI is InChI=1S/C21H23NO5/c1-26-10-11-27-17-9-5-8-16(12-17)20(23)22-13-18(19(14-22)21(24)25)15-6-3-2-4-7-15/h2-9,12,18-19H,10-11,13-14H2,1H3,(H,24,25). The smallest absolute Gasteiger partial charge is 0.308 e. The number of carboxylic acids is 1. The Bertz CT molecular complexity index is 792. The minimum atomic E-state index is -0.879. The fraction of sp³-hybridized carbons (Fsp3) is 0.333. The van der Waals surface area contributed by atoms with Crippen LogP contribution in [-0.2, 0) is 9.53 Å². The first-order valence-electron chi connectivity index (χ1n) is 8.89. The monoisotopic (exact) mass is 369 g/mol. The SMILES string of the molecule is COCCOc1cccc(C(=O)N2CC(C(=O)O)C(c3ccccc3)C2)c1. The summed E-state index contributed by atoms with van der Waals surface area (Å²) in [5, 5.41) is 9.61. The van der Waals surface area contributed by atoms with E-state index in [1.165, 1.54) is 0 Å². The van der Waals surface area contributed by atoms with Crippen LogP contribution in [0, 0.1) is 5.92 Å². The van der Waals surface area contributed by atoms with E-state index in [0.717, 1.165) is 5.56 Å². The van der Waals surface area contributed by atoms with Crippen molar-refractivity contribution in [1.29, 1.82) is 0 Å². The van der Waals surface area contributed by atoms with Crippen LogP contribution < -0.4 is 4.74 Å². The van der Waals surface area contributed by atoms with E-state index in [1.54, 1.807) is 36.3 Å². The van der Waals surface area contributed by atoms with Crippen LogP contribution in [0.2, 0.25) is 0 Å². The highest BCUT2D eigenvalue weighted by Gasteiger charge is 2.40. The van der Waals surface area contributed by atoms with Crippen LogP contribution in [0.4, 0.5) is 0 Å². The molecule has 2 unspecified atom stereocenters. The Morgan fingerprint density at radius 2 is 1.85 bits per heavy atom. The lowest BCUT2D eigenvalue weighted by Crippen LogP contribution is -2.29. The number of benzene rings is 2. The van der Waals surface area contributed by atoms with E-state index in [9.17, 15) is 14.7 Å². The van der Waals surface area contributed by atoms with E-state index in [-0.39, 0.29) is 18.4 Å². The summed E-state index contributed by atoms with van der Waals surface area (Å²) in [6, 6.07) is 16.4. The maximum Gasteiger partial charge on any atom is 0.308 e. The quantitative estimate of drug-likeness (QED) is 0.760. The molecule has 6 heteroatoms. The molecule has 1 aliphatic heterocycles. The van der Waals surface area contributed by atoms with Gasteiger partial charge in [-0.25, -0.2) is 0 Å². The molecule has 27 heavy (non-hydrogen) atoms. The highest BCUT2D eigenvalue weighted by molar-refractivity contribution is 5.95. The van der Waals surface area contributed by atoms with Gasteiger partial charge in [0.1, 0.15) is 12.4 Å². The second-order valence-corrected chi connectivity index (χ2v) is 6.54. The molecule has 0 aromatic heterocycles. The lowest BCUT2D eigenvalue weighted by Gasteiger charge is -2.17. The number of carboxylic acid groups (broad SMARTS) is 1. The van der Waals surface area contributed by atoms with Crippen molar-refractivity contribution in [1.82, 2.24) is 4.90 Å². The Labute approximate surface area is 158 Å². The van der Waals surface area contributed by atoms with E-state index in [1.807, 2.05) is 30.3 Å². The normalized spacial score (nSPS) is 19.1. The number of methoxy groups -OCH3 is 1. The molecule has 0 bridgehead atoms. The number of amides is 1. The van der Waals surface area contributed by atoms with Crippen LogP contribution in [-0.4, -0.2) is 55.3 Å². The van der Waals surface area contributed by atoms with Crippen molar-refractivity contribution in [2.45, 2.75) is 5.92 Å². The third kappa shape index (κ3) is 4.46. The largest absolute Gasteiger partial charge is 0.491 e. The highest BCUT2D eigenvalue weighted by Crippen LogP contribution is 2.33. The minimum absolute atomic E-state index is 0.183. The first kappa shape index (κ1) is 18.9. The Balaban J connectivity index is 1.75. The Morgan fingerprint density at radius 3 is 2.56 bits per heavy atom. The number of likely N-dealkylation sites (tertiary alicyclic amines) is 1. The van der Waals surface area contributed by atoms with Crippen LogP contribution in [0.1, 0.15) is 21.8 Å². The van der Waals surface area contributed by atoms with Gasteiger partial charge < -0.3 is 19.5 Å². The van der Waals surface area contributed by atoms with E-state index in [4.69, 9.17) is 9.47 Å². The molecule has 1 saturated heterocycles. The molecular formula is C21H23NO5. The second kappa shape index (κ2) is 8.68. The number of hydrogen-bond donors (Lipinski definition) is 1. The zero-order valence-corrected chi connectivity index (χ0v) is 15.2. The number of nitrogens with zero attached hydrogens (tertiary/aromatic N) is 1. The molecular weight excluding hydrogens is 346 g/mol. The molecule has 1 amide bonds. The zero-order chi connectivity index (χ0) is 19.2. The zero-order valence-electron chi connectivity index (χ0n) is 15.2. The third-order valence-corrected chi connectivity index (χ3v) is 4.79. The molecule has 142 valence electrons. The van der Waals surface area contributed by atoms with Crippen LogP contribution >= 0.6 is 0 Å². The molecule has 1 N–H and O–H groups in total. The number of ether oxygens (including phenoxy) is 2. The first-order valence-corrected chi connectivity index (χ1v) is 8.89. The number of carbonyl (C=O) groups excluding carboxylic acids is 1. The molecule has 1 fully saturated rings. The van der Waals surface area contributed by atoms with Gasteiger partial charge in [0, 0.05) is 31.7 Å². The molecule has 0 aliphatic carbocycles. The maximum atomic E-state index is 12.9. The Morgan fingerprint density at radius 1 is 1.07 bits per heavy atom. The summed E-state index contributed by atoms with van der Waals surface area (Å²) in [4.78, 5) is 26.3. The lowest BCUT2D eigenvalue weighted by atomic mass is 9.89. The molecule has 2 aromatic rings. The number of rotatable bonds is 7. The van der Waals surface area contributed by atoms with Crippen molar-refractivity contribution < 1.29 is 24.2 Å². The van der Waals surface area contributed by atoms with Crippen molar-refractivity contribution in [2.75, 3.05) is 33.4 Å². The molecule has 0 radical (unpaired) electrons. The van der Waals surface area contributed by atoms with Gasteiger partial charge in [-0.05, 0) is 23.8 Å². The van der Waals surface area contributed by atoms with Gasteiger partial charge in [0.2, 0.25) is 0 Å². The van der Waals surface area contributed by atoms with E-state index in [2.05, 4.69) is 0 Å². The van der Waals surface area contributed by atoms with Crippen LogP contribution in [0.15, 0.2) is 54.6 Å². The summed E-state index contributed by atoms with van der Waals surface area (Å²) in [5.74, 6) is -1.30. The number of carbonyl (C=O) groups is 2. The fourth-order valence-corrected chi connectivity index (χ4v) is 3.40. The van der Waals surface area contributed by atoms with E-state index >= 15 is 0 Å². The van der Waals surface area contributed by atoms with Crippen molar-refractivity contribution in [2.24, 2.45) is 5.92 Å². The Kier molecular flexibility index (Phi) is 6.08. The number of aliphatic carboxylic acids is 1. The van der Waals surface area contributed by atoms with Gasteiger partial charge in [0.25, 0.3) is 5.91 Å². The summed E-state index contributed by atoms with van der Waals surface area (Å²) in [7, 11) is 1.60. The molecule has 2 aromatic carbocycles. The van der Waals surface area contributed by atoms with Gasteiger partial charge in [-0.2, -0.15) is 0 Å². The van der Waals surface area contributed by atoms with Gasteiger partial charge in [0.15, 0.2) is 0 Å². The summed E-state index contributed by atoms with van der Waals surface area (Å²) < 4.78 is 10.5. The number of hydrogen-bond acceptors (Lipinski definition) is 4. The molecule has 2 atom stereocenters. The minimum Gasteiger partial charge on any atom is -0.491 e. The van der Waals surface area contributed by atoms with Crippen molar-refractivity contribution in [3.05, 3.63) is 65.7 Å². The van der Waals surface area contributed by atoms with Crippen LogP contribution in [0.5, 0.6) is 5.75 Å². The predicted molar refractivity (Wildman–Crippen MR) is 100 cm³/mol. The summed E-state index contributed by atoms with van der Waals surface area (Å²) in [6.45, 7) is 1.44. The molecule has 1 heterocycles. The van der Waals surface area contributed by atoms with Gasteiger partial charge >= 0.3 is 5.97 Å². The van der Waals surface area contributed by atoms with Crippen LogP contribution in [0.25, 0.3) is 0 Å². The second-order valence-electron chi connectivity index (χ2n) is 6.54. The van der Waals surface area contributed by atoms with Gasteiger partial charge in [-0.1, -0.05) is 36.4 Å². The van der Waals surface area contributed by atoms with E-state index < -0.39 is 11.9 Å². The highest BCUT2D eigenvalue weighted by atomic mass is 16.5. The topological polar surface area (TPSA) is 76.1 Å². The predicted octanol–water partition coefficient (Wildman–Crippen LogP) is 2.65. The third-order valence-electron chi connectivity index (χ3n) is 4.79. The van der Waals surface area contributed by atoms with Gasteiger partial charge in [-0.3, -0.25) is 9.59 Å². The van der Waals surface area contributed by atoms with Crippen molar-refractivity contribution in [3.8, 4) is 5.75 Å². The van der Waals surface area contributed by atoms with Crippen molar-refractivity contribution in [3.63, 3.8) is 0 Å². The fourth-order valence-electron chi connectivity index (χ4n) is 3.40. The molecule has 0 spiro atoms. The first-order chi connectivity index (χ1) is 13.1.